The van der Waals surface area contributed by atoms with Gasteiger partial charge in [0, 0.05) is 49.1 Å². The first-order valence-corrected chi connectivity index (χ1v) is 11.6. The van der Waals surface area contributed by atoms with Crippen molar-refractivity contribution in [1.29, 1.82) is 0 Å². The van der Waals surface area contributed by atoms with Crippen LogP contribution in [0.15, 0.2) is 47.4 Å². The lowest BCUT2D eigenvalue weighted by Gasteiger charge is -2.40. The second-order valence-electron chi connectivity index (χ2n) is 9.32. The summed E-state index contributed by atoms with van der Waals surface area (Å²) in [5, 5.41) is 23.4. The topological polar surface area (TPSA) is 92.5 Å². The largest absolute Gasteiger partial charge is 0.507 e. The van der Waals surface area contributed by atoms with Crippen molar-refractivity contribution >= 4 is 5.82 Å². The van der Waals surface area contributed by atoms with Crippen molar-refractivity contribution in [3.05, 3.63) is 52.9 Å². The van der Waals surface area contributed by atoms with Crippen molar-refractivity contribution in [3.63, 3.8) is 0 Å². The van der Waals surface area contributed by atoms with E-state index in [-0.39, 0.29) is 11.3 Å². The number of phenols is 1. The SMILES string of the molecule is Cn1ccc(-c2ccc(-c3cc4c(nn3)N([C@@H]3C[C@H]5CC[C@@H](C3)N5)CCO4)c(O)c2)cc1=O. The number of aryl methyl sites for hydroxylation is 1. The Bertz CT molecular complexity index is 1260. The van der Waals surface area contributed by atoms with Gasteiger partial charge in [-0.25, -0.2) is 0 Å². The van der Waals surface area contributed by atoms with Crippen molar-refractivity contribution in [2.75, 3.05) is 18.1 Å². The molecule has 3 aliphatic heterocycles. The van der Waals surface area contributed by atoms with Crippen LogP contribution in [0, 0.1) is 0 Å². The number of hydrogen-bond donors (Lipinski definition) is 2. The standard InChI is InChI=1S/C25H27N5O3/c1-29-7-6-16(11-24(29)32)15-2-5-20(22(31)10-15)21-14-23-25(28-27-21)30(8-9-33-23)19-12-17-3-4-18(13-19)26-17/h2,5-7,10-11,14,17-19,26,31H,3-4,8-9,12-13H2,1H3/t17-,18+,19-. The average molecular weight is 446 g/mol. The number of benzene rings is 1. The van der Waals surface area contributed by atoms with Gasteiger partial charge in [0.05, 0.1) is 6.54 Å². The lowest BCUT2D eigenvalue weighted by Crippen LogP contribution is -2.50. The zero-order valence-electron chi connectivity index (χ0n) is 18.6. The number of anilines is 1. The minimum absolute atomic E-state index is 0.0880. The molecule has 0 aliphatic carbocycles. The van der Waals surface area contributed by atoms with Gasteiger partial charge in [-0.1, -0.05) is 6.07 Å². The fourth-order valence-corrected chi connectivity index (χ4v) is 5.46. The summed E-state index contributed by atoms with van der Waals surface area (Å²) in [5.74, 6) is 1.60. The number of piperidine rings is 1. The fourth-order valence-electron chi connectivity index (χ4n) is 5.46. The zero-order valence-corrected chi connectivity index (χ0v) is 18.6. The number of pyridine rings is 1. The number of aromatic hydroxyl groups is 1. The molecule has 0 radical (unpaired) electrons. The maximum atomic E-state index is 12.0. The molecule has 0 saturated carbocycles. The van der Waals surface area contributed by atoms with Gasteiger partial charge in [-0.2, -0.15) is 0 Å². The van der Waals surface area contributed by atoms with E-state index in [0.29, 0.717) is 41.7 Å². The third-order valence-corrected chi connectivity index (χ3v) is 7.20. The van der Waals surface area contributed by atoms with Gasteiger partial charge in [-0.3, -0.25) is 4.79 Å². The Hall–Kier alpha value is -3.39. The van der Waals surface area contributed by atoms with Gasteiger partial charge in [0.15, 0.2) is 11.6 Å². The molecule has 2 aromatic heterocycles. The number of ether oxygens (including phenoxy) is 1. The molecule has 0 amide bonds. The summed E-state index contributed by atoms with van der Waals surface area (Å²) in [6, 6.07) is 12.3. The number of hydrogen-bond acceptors (Lipinski definition) is 7. The van der Waals surface area contributed by atoms with Crippen molar-refractivity contribution in [2.24, 2.45) is 7.05 Å². The molecule has 33 heavy (non-hydrogen) atoms. The molecular weight excluding hydrogens is 418 g/mol. The maximum absolute atomic E-state index is 12.0. The number of aromatic nitrogens is 3. The van der Waals surface area contributed by atoms with Gasteiger partial charge < -0.3 is 24.6 Å². The van der Waals surface area contributed by atoms with E-state index in [1.165, 1.54) is 17.4 Å². The molecule has 2 bridgehead atoms. The minimum atomic E-state index is -0.0972. The molecule has 6 rings (SSSR count). The minimum Gasteiger partial charge on any atom is -0.507 e. The summed E-state index contributed by atoms with van der Waals surface area (Å²) in [6.45, 7) is 1.44. The summed E-state index contributed by atoms with van der Waals surface area (Å²) in [7, 11) is 1.71. The molecule has 2 fully saturated rings. The van der Waals surface area contributed by atoms with E-state index >= 15 is 0 Å². The molecule has 0 unspecified atom stereocenters. The van der Waals surface area contributed by atoms with E-state index < -0.39 is 0 Å². The summed E-state index contributed by atoms with van der Waals surface area (Å²) in [6.07, 6.45) is 6.49. The predicted molar refractivity (Wildman–Crippen MR) is 126 cm³/mol. The van der Waals surface area contributed by atoms with Gasteiger partial charge in [0.2, 0.25) is 0 Å². The van der Waals surface area contributed by atoms with Gasteiger partial charge >= 0.3 is 0 Å². The number of nitrogens with one attached hydrogen (secondary N) is 1. The van der Waals surface area contributed by atoms with Crippen LogP contribution < -0.4 is 20.5 Å². The van der Waals surface area contributed by atoms with E-state index in [2.05, 4.69) is 20.4 Å². The van der Waals surface area contributed by atoms with Gasteiger partial charge in [0.25, 0.3) is 5.56 Å². The first kappa shape index (κ1) is 20.2. The molecule has 0 spiro atoms. The van der Waals surface area contributed by atoms with Crippen molar-refractivity contribution < 1.29 is 9.84 Å². The lowest BCUT2D eigenvalue weighted by molar-refractivity contribution is 0.274. The highest BCUT2D eigenvalue weighted by Gasteiger charge is 2.38. The third-order valence-electron chi connectivity index (χ3n) is 7.20. The average Bonchev–Trinajstić information content (AvgIpc) is 3.17. The summed E-state index contributed by atoms with van der Waals surface area (Å²) >= 11 is 0. The molecule has 2 N–H and O–H groups in total. The Morgan fingerprint density at radius 3 is 2.61 bits per heavy atom. The van der Waals surface area contributed by atoms with Crippen LogP contribution in [0.3, 0.4) is 0 Å². The highest BCUT2D eigenvalue weighted by molar-refractivity contribution is 5.75. The molecule has 5 heterocycles. The van der Waals surface area contributed by atoms with Gasteiger partial charge in [0.1, 0.15) is 18.1 Å². The van der Waals surface area contributed by atoms with E-state index in [1.54, 1.807) is 25.4 Å². The van der Waals surface area contributed by atoms with Crippen molar-refractivity contribution in [3.8, 4) is 33.9 Å². The molecule has 3 aromatic rings. The Balaban J connectivity index is 1.29. The second kappa shape index (κ2) is 7.88. The van der Waals surface area contributed by atoms with Crippen LogP contribution in [0.25, 0.3) is 22.4 Å². The summed E-state index contributed by atoms with van der Waals surface area (Å²) < 4.78 is 7.47. The maximum Gasteiger partial charge on any atom is 0.250 e. The molecule has 3 aliphatic rings. The molecule has 170 valence electrons. The number of fused-ring (bicyclic) bond motifs is 3. The number of nitrogens with zero attached hydrogens (tertiary/aromatic N) is 4. The first-order valence-electron chi connectivity index (χ1n) is 11.6. The monoisotopic (exact) mass is 445 g/mol. The Kier molecular flexibility index (Phi) is 4.83. The molecule has 8 nitrogen and oxygen atoms in total. The molecule has 3 atom stereocenters. The fraction of sp³-hybridized carbons (Fsp3) is 0.400. The second-order valence-corrected chi connectivity index (χ2v) is 9.32. The van der Waals surface area contributed by atoms with Crippen LogP contribution in [0.4, 0.5) is 5.82 Å². The number of rotatable bonds is 3. The van der Waals surface area contributed by atoms with Crippen molar-refractivity contribution in [1.82, 2.24) is 20.1 Å². The number of phenolic OH excluding ortho intramolecular Hbond substituents is 1. The van der Waals surface area contributed by atoms with Crippen LogP contribution >= 0.6 is 0 Å². The molecule has 2 saturated heterocycles. The Labute approximate surface area is 191 Å². The van der Waals surface area contributed by atoms with Gasteiger partial charge in [-0.05, 0) is 55.0 Å². The molecule has 8 heteroatoms. The highest BCUT2D eigenvalue weighted by atomic mass is 16.5. The predicted octanol–water partition coefficient (Wildman–Crippen LogP) is 2.70. The van der Waals surface area contributed by atoms with E-state index in [9.17, 15) is 9.90 Å². The first-order chi connectivity index (χ1) is 16.0. The van der Waals surface area contributed by atoms with Crippen LogP contribution in [-0.2, 0) is 7.05 Å². The van der Waals surface area contributed by atoms with Gasteiger partial charge in [-0.15, -0.1) is 10.2 Å². The summed E-state index contributed by atoms with van der Waals surface area (Å²) in [4.78, 5) is 14.3. The zero-order chi connectivity index (χ0) is 22.5. The Morgan fingerprint density at radius 1 is 1.06 bits per heavy atom. The molecule has 1 aromatic carbocycles. The van der Waals surface area contributed by atoms with E-state index in [4.69, 9.17) is 4.74 Å². The highest BCUT2D eigenvalue weighted by Crippen LogP contribution is 2.39. The van der Waals surface area contributed by atoms with Crippen LogP contribution in [0.1, 0.15) is 25.7 Å². The van der Waals surface area contributed by atoms with Crippen LogP contribution in [0.2, 0.25) is 0 Å². The smallest absolute Gasteiger partial charge is 0.250 e. The lowest BCUT2D eigenvalue weighted by atomic mass is 9.97. The molecular formula is C25H27N5O3. The van der Waals surface area contributed by atoms with Crippen LogP contribution in [-0.4, -0.2) is 51.1 Å². The van der Waals surface area contributed by atoms with E-state index in [0.717, 1.165) is 36.3 Å². The Morgan fingerprint density at radius 2 is 1.85 bits per heavy atom. The summed E-state index contributed by atoms with van der Waals surface area (Å²) in [5.41, 5.74) is 2.57. The van der Waals surface area contributed by atoms with Crippen LogP contribution in [0.5, 0.6) is 11.5 Å². The third kappa shape index (κ3) is 3.64. The van der Waals surface area contributed by atoms with E-state index in [1.807, 2.05) is 24.3 Å². The normalized spacial score (nSPS) is 23.8. The van der Waals surface area contributed by atoms with Crippen molar-refractivity contribution in [2.45, 2.75) is 43.8 Å². The quantitative estimate of drug-likeness (QED) is 0.640.